The van der Waals surface area contributed by atoms with Gasteiger partial charge in [0.1, 0.15) is 10.5 Å². The van der Waals surface area contributed by atoms with Crippen molar-refractivity contribution in [2.75, 3.05) is 0 Å². The second-order valence-corrected chi connectivity index (χ2v) is 4.07. The van der Waals surface area contributed by atoms with E-state index in [0.717, 1.165) is 0 Å². The van der Waals surface area contributed by atoms with Crippen LogP contribution < -0.4 is 0 Å². The summed E-state index contributed by atoms with van der Waals surface area (Å²) in [6.45, 7) is 2.47. The molecule has 1 aromatic rings. The summed E-state index contributed by atoms with van der Waals surface area (Å²) in [7, 11) is 0.1000. The first-order chi connectivity index (χ1) is 7.24. The quantitative estimate of drug-likeness (QED) is 0.340. The van der Waals surface area contributed by atoms with E-state index in [2.05, 4.69) is 0 Å². The molecule has 0 aliphatic rings. The first-order valence-corrected chi connectivity index (χ1v) is 5.12. The molecule has 0 atom stereocenters. The van der Waals surface area contributed by atoms with Gasteiger partial charge in [-0.3, -0.25) is 0 Å². The molecular weight excluding hydrogens is 247 g/mol. The van der Waals surface area contributed by atoms with Crippen molar-refractivity contribution >= 4 is 10.5 Å². The topological polar surface area (TPSA) is 9.23 Å². The molecule has 16 heavy (non-hydrogen) atoms. The van der Waals surface area contributed by atoms with Crippen LogP contribution in [-0.2, 0) is 10.0 Å². The van der Waals surface area contributed by atoms with Gasteiger partial charge in [-0.15, -0.1) is 0 Å². The summed E-state index contributed by atoms with van der Waals surface area (Å²) in [6, 6.07) is 0. The van der Waals surface area contributed by atoms with Crippen LogP contribution in [0, 0.1) is 29.1 Å². The number of hydrogen-bond acceptors (Lipinski definition) is 1. The molecule has 0 unspecified atom stereocenters. The fourth-order valence-corrected chi connectivity index (χ4v) is 1.44. The molecule has 0 heterocycles. The van der Waals surface area contributed by atoms with E-state index < -0.39 is 40.3 Å². The van der Waals surface area contributed by atoms with E-state index in [0.29, 0.717) is 0 Å². The van der Waals surface area contributed by atoms with Crippen LogP contribution >= 0.6 is 0 Å². The van der Waals surface area contributed by atoms with E-state index in [1.165, 1.54) is 13.8 Å². The van der Waals surface area contributed by atoms with Crippen molar-refractivity contribution in [3.63, 3.8) is 0 Å². The SMILES string of the molecule is CC(C)(O[SiH3])c1c(F)c(F)c(F)c(F)c1F. The second kappa shape index (κ2) is 4.14. The van der Waals surface area contributed by atoms with Gasteiger partial charge in [0.25, 0.3) is 0 Å². The molecule has 1 nitrogen and oxygen atoms in total. The van der Waals surface area contributed by atoms with Gasteiger partial charge in [0, 0.05) is 0 Å². The van der Waals surface area contributed by atoms with E-state index in [1.54, 1.807) is 0 Å². The molecule has 90 valence electrons. The van der Waals surface area contributed by atoms with Crippen LogP contribution in [0.3, 0.4) is 0 Å². The highest BCUT2D eigenvalue weighted by Gasteiger charge is 2.34. The zero-order valence-electron chi connectivity index (χ0n) is 8.80. The Morgan fingerprint density at radius 3 is 1.44 bits per heavy atom. The zero-order chi connectivity index (χ0) is 12.7. The van der Waals surface area contributed by atoms with Gasteiger partial charge < -0.3 is 4.43 Å². The molecule has 0 aromatic heterocycles. The lowest BCUT2D eigenvalue weighted by Gasteiger charge is -2.25. The molecule has 0 spiro atoms. The van der Waals surface area contributed by atoms with Crippen LogP contribution in [-0.4, -0.2) is 10.5 Å². The van der Waals surface area contributed by atoms with Crippen molar-refractivity contribution in [3.05, 3.63) is 34.6 Å². The van der Waals surface area contributed by atoms with Crippen molar-refractivity contribution in [3.8, 4) is 0 Å². The fourth-order valence-electron chi connectivity index (χ4n) is 1.24. The van der Waals surface area contributed by atoms with Crippen LogP contribution in [0.4, 0.5) is 22.0 Å². The van der Waals surface area contributed by atoms with E-state index in [-0.39, 0.29) is 10.5 Å². The lowest BCUT2D eigenvalue weighted by Crippen LogP contribution is -2.26. The van der Waals surface area contributed by atoms with Gasteiger partial charge in [-0.25, -0.2) is 22.0 Å². The minimum Gasteiger partial charge on any atom is -0.419 e. The Labute approximate surface area is 91.8 Å². The van der Waals surface area contributed by atoms with E-state index in [1.807, 2.05) is 0 Å². The van der Waals surface area contributed by atoms with E-state index in [9.17, 15) is 22.0 Å². The van der Waals surface area contributed by atoms with E-state index in [4.69, 9.17) is 4.43 Å². The van der Waals surface area contributed by atoms with Crippen molar-refractivity contribution in [1.82, 2.24) is 0 Å². The summed E-state index contributed by atoms with van der Waals surface area (Å²) >= 11 is 0. The average molecular weight is 256 g/mol. The third kappa shape index (κ3) is 1.84. The minimum atomic E-state index is -2.16. The molecule has 7 heteroatoms. The normalized spacial score (nSPS) is 12.2. The molecule has 0 aliphatic carbocycles. The van der Waals surface area contributed by atoms with Crippen LogP contribution in [0.2, 0.25) is 0 Å². The zero-order valence-corrected chi connectivity index (χ0v) is 10.8. The van der Waals surface area contributed by atoms with Gasteiger partial charge in [-0.05, 0) is 13.8 Å². The van der Waals surface area contributed by atoms with Crippen molar-refractivity contribution in [2.24, 2.45) is 0 Å². The molecule has 1 aromatic carbocycles. The molecule has 0 bridgehead atoms. The van der Waals surface area contributed by atoms with Crippen LogP contribution in [0.15, 0.2) is 0 Å². The van der Waals surface area contributed by atoms with Crippen LogP contribution in [0.5, 0.6) is 0 Å². The first-order valence-electron chi connectivity index (χ1n) is 4.31. The molecule has 0 saturated carbocycles. The average Bonchev–Trinajstić information content (AvgIpc) is 2.23. The third-order valence-corrected chi connectivity index (χ3v) is 3.34. The van der Waals surface area contributed by atoms with Gasteiger partial charge in [-0.2, -0.15) is 0 Å². The standard InChI is InChI=1S/C9H9F5OSi/c1-9(2,15-16)3-4(10)6(12)8(14)7(13)5(3)11/h1-2,16H3. The van der Waals surface area contributed by atoms with Gasteiger partial charge in [-0.1, -0.05) is 0 Å². The van der Waals surface area contributed by atoms with Crippen molar-refractivity contribution in [2.45, 2.75) is 19.4 Å². The van der Waals surface area contributed by atoms with E-state index >= 15 is 0 Å². The molecule has 0 saturated heterocycles. The monoisotopic (exact) mass is 256 g/mol. The Kier molecular flexibility index (Phi) is 3.39. The number of hydrogen-bond donors (Lipinski definition) is 0. The summed E-state index contributed by atoms with van der Waals surface area (Å²) in [5.41, 5.74) is -2.49. The van der Waals surface area contributed by atoms with Crippen LogP contribution in [0.25, 0.3) is 0 Å². The van der Waals surface area contributed by atoms with Gasteiger partial charge in [0.05, 0.1) is 11.2 Å². The highest BCUT2D eigenvalue weighted by atomic mass is 28.2. The molecule has 1 rings (SSSR count). The number of rotatable bonds is 2. The maximum atomic E-state index is 13.3. The molecule has 0 fully saturated rings. The summed E-state index contributed by atoms with van der Waals surface area (Å²) in [6.07, 6.45) is 0. The summed E-state index contributed by atoms with van der Waals surface area (Å²) in [5.74, 6) is -9.78. The van der Waals surface area contributed by atoms with Crippen LogP contribution in [0.1, 0.15) is 19.4 Å². The highest BCUT2D eigenvalue weighted by molar-refractivity contribution is 5.98. The summed E-state index contributed by atoms with van der Waals surface area (Å²) < 4.78 is 69.9. The van der Waals surface area contributed by atoms with Crippen molar-refractivity contribution < 1.29 is 26.4 Å². The largest absolute Gasteiger partial charge is 0.419 e. The summed E-state index contributed by atoms with van der Waals surface area (Å²) in [4.78, 5) is 0. The molecule has 0 radical (unpaired) electrons. The predicted octanol–water partition coefficient (Wildman–Crippen LogP) is 1.91. The second-order valence-electron chi connectivity index (χ2n) is 3.66. The molecular formula is C9H9F5OSi. The predicted molar refractivity (Wildman–Crippen MR) is 50.3 cm³/mol. The molecule has 0 N–H and O–H groups in total. The van der Waals surface area contributed by atoms with Gasteiger partial charge >= 0.3 is 0 Å². The van der Waals surface area contributed by atoms with Gasteiger partial charge in [0.15, 0.2) is 23.3 Å². The highest BCUT2D eigenvalue weighted by Crippen LogP contribution is 2.32. The third-order valence-electron chi connectivity index (χ3n) is 2.32. The Bertz CT molecular complexity index is 403. The minimum absolute atomic E-state index is 0.1000. The van der Waals surface area contributed by atoms with Crippen molar-refractivity contribution in [1.29, 1.82) is 0 Å². The fraction of sp³-hybridized carbons (Fsp3) is 0.333. The first kappa shape index (κ1) is 13.1. The Morgan fingerprint density at radius 2 is 1.12 bits per heavy atom. The van der Waals surface area contributed by atoms with Gasteiger partial charge in [0.2, 0.25) is 5.82 Å². The lowest BCUT2D eigenvalue weighted by atomic mass is 9.96. The smallest absolute Gasteiger partial charge is 0.200 e. The maximum absolute atomic E-state index is 13.3. The lowest BCUT2D eigenvalue weighted by molar-refractivity contribution is 0.110. The summed E-state index contributed by atoms with van der Waals surface area (Å²) in [5, 5.41) is 0. The Morgan fingerprint density at radius 1 is 0.812 bits per heavy atom. The molecule has 0 amide bonds. The Hall–Kier alpha value is -0.953. The Balaban J connectivity index is 3.65. The number of halogens is 5. The maximum Gasteiger partial charge on any atom is 0.200 e. The molecule has 0 aliphatic heterocycles. The number of benzene rings is 1.